The molecule has 0 radical (unpaired) electrons. The Hall–Kier alpha value is -1.02. The predicted molar refractivity (Wildman–Crippen MR) is 101 cm³/mol. The van der Waals surface area contributed by atoms with Crippen LogP contribution in [0.25, 0.3) is 0 Å². The molecule has 2 aromatic carbocycles. The number of fused-ring (bicyclic) bond motifs is 1. The molecule has 1 aliphatic rings. The first-order valence-electron chi connectivity index (χ1n) is 6.83. The maximum Gasteiger partial charge on any atom is 0.282 e. The highest BCUT2D eigenvalue weighted by Crippen LogP contribution is 2.32. The molecule has 0 amide bonds. The largest absolute Gasteiger partial charge is 0.293 e. The molecule has 2 unspecified atom stereocenters. The molecule has 0 aliphatic heterocycles. The Labute approximate surface area is 161 Å². The molecule has 0 aromatic heterocycles. The minimum atomic E-state index is -3.93. The van der Waals surface area contributed by atoms with Gasteiger partial charge in [-0.1, -0.05) is 67.7 Å². The Kier molecular flexibility index (Phi) is 4.97. The Morgan fingerprint density at radius 3 is 2.12 bits per heavy atom. The lowest BCUT2D eigenvalue weighted by atomic mass is 9.89. The van der Waals surface area contributed by atoms with Crippen LogP contribution in [0.2, 0.25) is 5.02 Å². The predicted octanol–water partition coefficient (Wildman–Crippen LogP) is 4.24. The minimum Gasteiger partial charge on any atom is -0.293 e. The monoisotopic (exact) mass is 489 g/mol. The molecule has 0 saturated heterocycles. The topological polar surface area (TPSA) is 63.6 Å². The Morgan fingerprint density at radius 2 is 1.50 bits per heavy atom. The molecule has 0 spiro atoms. The van der Waals surface area contributed by atoms with Crippen LogP contribution in [0, 0.1) is 0 Å². The number of carbonyl (C=O) groups is 1. The molecular weight excluding hydrogens is 482 g/mol. The van der Waals surface area contributed by atoms with Crippen molar-refractivity contribution in [1.82, 2.24) is 0 Å². The summed E-state index contributed by atoms with van der Waals surface area (Å²) in [6.07, 6.45) is 0. The molecule has 0 N–H and O–H groups in total. The number of alkyl halides is 2. The van der Waals surface area contributed by atoms with E-state index in [9.17, 15) is 13.2 Å². The highest BCUT2D eigenvalue weighted by Gasteiger charge is 2.38. The number of benzene rings is 2. The minimum absolute atomic E-state index is 0.0413. The zero-order valence-electron chi connectivity index (χ0n) is 12.0. The summed E-state index contributed by atoms with van der Waals surface area (Å²) in [6.45, 7) is 0. The van der Waals surface area contributed by atoms with Crippen molar-refractivity contribution >= 4 is 65.0 Å². The van der Waals surface area contributed by atoms with E-state index in [0.717, 1.165) is 0 Å². The van der Waals surface area contributed by atoms with E-state index in [1.165, 1.54) is 24.3 Å². The SMILES string of the molecule is O=C1c2ccccc2C(=NS(=O)(=O)c2ccc(Cl)cc2)C(Br)C1Br. The van der Waals surface area contributed by atoms with Gasteiger partial charge >= 0.3 is 0 Å². The van der Waals surface area contributed by atoms with Crippen LogP contribution in [-0.2, 0) is 10.0 Å². The van der Waals surface area contributed by atoms with Crippen LogP contribution in [0.1, 0.15) is 15.9 Å². The second-order valence-electron chi connectivity index (χ2n) is 5.12. The van der Waals surface area contributed by atoms with E-state index in [4.69, 9.17) is 11.6 Å². The summed E-state index contributed by atoms with van der Waals surface area (Å²) in [7, 11) is -3.93. The summed E-state index contributed by atoms with van der Waals surface area (Å²) < 4.78 is 29.2. The van der Waals surface area contributed by atoms with Crippen LogP contribution in [-0.4, -0.2) is 29.6 Å². The third kappa shape index (κ3) is 3.22. The van der Waals surface area contributed by atoms with Crippen LogP contribution in [0.15, 0.2) is 57.8 Å². The molecule has 0 bridgehead atoms. The zero-order chi connectivity index (χ0) is 17.5. The lowest BCUT2D eigenvalue weighted by Crippen LogP contribution is -2.38. The zero-order valence-corrected chi connectivity index (χ0v) is 16.7. The van der Waals surface area contributed by atoms with Crippen molar-refractivity contribution in [3.63, 3.8) is 0 Å². The van der Waals surface area contributed by atoms with Crippen LogP contribution in [0.3, 0.4) is 0 Å². The summed E-state index contributed by atoms with van der Waals surface area (Å²) in [4.78, 5) is 11.2. The molecule has 0 saturated carbocycles. The van der Waals surface area contributed by atoms with Crippen molar-refractivity contribution in [1.29, 1.82) is 0 Å². The van der Waals surface area contributed by atoms with Gasteiger partial charge in [-0.15, -0.1) is 0 Å². The van der Waals surface area contributed by atoms with E-state index >= 15 is 0 Å². The Morgan fingerprint density at radius 1 is 0.917 bits per heavy atom. The highest BCUT2D eigenvalue weighted by molar-refractivity contribution is 9.12. The van der Waals surface area contributed by atoms with Crippen molar-refractivity contribution < 1.29 is 13.2 Å². The first-order valence-corrected chi connectivity index (χ1v) is 10.5. The average molecular weight is 492 g/mol. The Balaban J connectivity index is 2.16. The summed E-state index contributed by atoms with van der Waals surface area (Å²) in [6, 6.07) is 12.6. The third-order valence-corrected chi connectivity index (χ3v) is 7.74. The van der Waals surface area contributed by atoms with E-state index in [2.05, 4.69) is 36.3 Å². The van der Waals surface area contributed by atoms with Gasteiger partial charge in [0.1, 0.15) is 0 Å². The van der Waals surface area contributed by atoms with Gasteiger partial charge in [-0.05, 0) is 24.3 Å². The van der Waals surface area contributed by atoms with E-state index < -0.39 is 19.7 Å². The number of hydrogen-bond acceptors (Lipinski definition) is 3. The maximum absolute atomic E-state index is 12.6. The first-order chi connectivity index (χ1) is 11.3. The van der Waals surface area contributed by atoms with E-state index in [1.807, 2.05) is 0 Å². The molecular formula is C16H10Br2ClNO3S. The second-order valence-corrected chi connectivity index (χ2v) is 9.13. The molecule has 0 heterocycles. The molecule has 2 atom stereocenters. The fourth-order valence-corrected chi connectivity index (χ4v) is 4.78. The molecule has 8 heteroatoms. The summed E-state index contributed by atoms with van der Waals surface area (Å²) in [5.41, 5.74) is 1.25. The smallest absolute Gasteiger partial charge is 0.282 e. The van der Waals surface area contributed by atoms with Gasteiger partial charge < -0.3 is 0 Å². The van der Waals surface area contributed by atoms with Gasteiger partial charge in [-0.2, -0.15) is 12.8 Å². The molecule has 2 aromatic rings. The number of nitrogens with zero attached hydrogens (tertiary/aromatic N) is 1. The maximum atomic E-state index is 12.6. The van der Waals surface area contributed by atoms with Crippen LogP contribution >= 0.6 is 43.5 Å². The number of hydrogen-bond donors (Lipinski definition) is 0. The Bertz CT molecular complexity index is 942. The molecule has 24 heavy (non-hydrogen) atoms. The first kappa shape index (κ1) is 17.8. The summed E-state index contributed by atoms with van der Waals surface area (Å²) >= 11 is 12.5. The van der Waals surface area contributed by atoms with Gasteiger partial charge in [0.25, 0.3) is 10.0 Å². The van der Waals surface area contributed by atoms with E-state index in [1.54, 1.807) is 24.3 Å². The second kappa shape index (κ2) is 6.71. The van der Waals surface area contributed by atoms with Crippen molar-refractivity contribution in [2.24, 2.45) is 4.40 Å². The molecule has 4 nitrogen and oxygen atoms in total. The van der Waals surface area contributed by atoms with Gasteiger partial charge in [0.15, 0.2) is 5.78 Å². The van der Waals surface area contributed by atoms with Crippen molar-refractivity contribution in [3.8, 4) is 0 Å². The third-order valence-electron chi connectivity index (χ3n) is 3.57. The van der Waals surface area contributed by atoms with Crippen molar-refractivity contribution in [2.75, 3.05) is 0 Å². The fourth-order valence-electron chi connectivity index (χ4n) is 2.38. The quantitative estimate of drug-likeness (QED) is 0.591. The fraction of sp³-hybridized carbons (Fsp3) is 0.125. The number of ketones is 1. The van der Waals surface area contributed by atoms with E-state index in [0.29, 0.717) is 21.9 Å². The molecule has 0 fully saturated rings. The number of sulfonamides is 1. The normalized spacial score (nSPS) is 22.5. The van der Waals surface area contributed by atoms with Gasteiger partial charge in [0, 0.05) is 16.1 Å². The number of carbonyl (C=O) groups excluding carboxylic acids is 1. The average Bonchev–Trinajstić information content (AvgIpc) is 2.57. The lowest BCUT2D eigenvalue weighted by molar-refractivity contribution is 0.0992. The van der Waals surface area contributed by atoms with Crippen LogP contribution < -0.4 is 0 Å². The number of halogens is 3. The van der Waals surface area contributed by atoms with Gasteiger partial charge in [0.2, 0.25) is 0 Å². The summed E-state index contributed by atoms with van der Waals surface area (Å²) in [5, 5.41) is 0.439. The lowest BCUT2D eigenvalue weighted by Gasteiger charge is -2.25. The molecule has 3 rings (SSSR count). The van der Waals surface area contributed by atoms with Gasteiger partial charge in [-0.25, -0.2) is 0 Å². The van der Waals surface area contributed by atoms with Gasteiger partial charge in [0.05, 0.1) is 20.3 Å². The highest BCUT2D eigenvalue weighted by atomic mass is 79.9. The number of Topliss-reactive ketones (excluding diaryl/α,β-unsaturated/α-hetero) is 1. The van der Waals surface area contributed by atoms with Crippen LogP contribution in [0.4, 0.5) is 0 Å². The van der Waals surface area contributed by atoms with Crippen LogP contribution in [0.5, 0.6) is 0 Å². The molecule has 124 valence electrons. The standard InChI is InChI=1S/C16H10Br2ClNO3S/c17-13-14(18)16(21)12-4-2-1-3-11(12)15(13)20-24(22,23)10-7-5-9(19)6-8-10/h1-8,13-14H. The number of rotatable bonds is 2. The van der Waals surface area contributed by atoms with Crippen molar-refractivity contribution in [3.05, 3.63) is 64.7 Å². The van der Waals surface area contributed by atoms with E-state index in [-0.39, 0.29) is 10.7 Å². The molecule has 1 aliphatic carbocycles. The van der Waals surface area contributed by atoms with Crippen molar-refractivity contribution in [2.45, 2.75) is 14.5 Å². The summed E-state index contributed by atoms with van der Waals surface area (Å²) in [5.74, 6) is -0.115. The van der Waals surface area contributed by atoms with Gasteiger partial charge in [-0.3, -0.25) is 4.79 Å².